The molecule has 6 heteroatoms. The van der Waals surface area contributed by atoms with Crippen molar-refractivity contribution in [2.24, 2.45) is 5.92 Å². The van der Waals surface area contributed by atoms with Crippen LogP contribution in [0, 0.1) is 12.8 Å². The molecule has 1 saturated heterocycles. The lowest BCUT2D eigenvalue weighted by atomic mass is 9.97. The SMILES string of the molecule is Cc1cccc(-c2ncc(CN3CCC[C@@H](c4nc(CC(C)C)no4)C3)cn2)c1. The highest BCUT2D eigenvalue weighted by Gasteiger charge is 2.26. The van der Waals surface area contributed by atoms with Gasteiger partial charge in [0.15, 0.2) is 11.6 Å². The van der Waals surface area contributed by atoms with Crippen molar-refractivity contribution in [3.05, 3.63) is 59.5 Å². The Labute approximate surface area is 172 Å². The summed E-state index contributed by atoms with van der Waals surface area (Å²) in [7, 11) is 0. The highest BCUT2D eigenvalue weighted by molar-refractivity contribution is 5.55. The van der Waals surface area contributed by atoms with Crippen molar-refractivity contribution in [2.75, 3.05) is 13.1 Å². The number of aromatic nitrogens is 4. The van der Waals surface area contributed by atoms with Gasteiger partial charge in [-0.2, -0.15) is 4.98 Å². The van der Waals surface area contributed by atoms with Crippen molar-refractivity contribution < 1.29 is 4.52 Å². The summed E-state index contributed by atoms with van der Waals surface area (Å²) in [6.45, 7) is 9.28. The number of nitrogens with zero attached hydrogens (tertiary/aromatic N) is 5. The second-order valence-corrected chi connectivity index (χ2v) is 8.51. The molecular weight excluding hydrogens is 362 g/mol. The third-order valence-electron chi connectivity index (χ3n) is 5.32. The van der Waals surface area contributed by atoms with Gasteiger partial charge >= 0.3 is 0 Å². The van der Waals surface area contributed by atoms with Crippen LogP contribution in [0.1, 0.15) is 55.4 Å². The van der Waals surface area contributed by atoms with Gasteiger partial charge < -0.3 is 4.52 Å². The van der Waals surface area contributed by atoms with Gasteiger partial charge in [0, 0.05) is 43.0 Å². The van der Waals surface area contributed by atoms with Crippen molar-refractivity contribution >= 4 is 0 Å². The largest absolute Gasteiger partial charge is 0.339 e. The topological polar surface area (TPSA) is 67.9 Å². The first-order valence-corrected chi connectivity index (χ1v) is 10.5. The van der Waals surface area contributed by atoms with E-state index in [0.29, 0.717) is 11.8 Å². The van der Waals surface area contributed by atoms with E-state index in [9.17, 15) is 0 Å². The Kier molecular flexibility index (Phi) is 6.00. The normalized spacial score (nSPS) is 17.7. The van der Waals surface area contributed by atoms with Crippen molar-refractivity contribution in [1.29, 1.82) is 0 Å². The lowest BCUT2D eigenvalue weighted by Gasteiger charge is -2.30. The Morgan fingerprint density at radius 2 is 2.03 bits per heavy atom. The molecule has 152 valence electrons. The van der Waals surface area contributed by atoms with Crippen molar-refractivity contribution in [2.45, 2.75) is 52.5 Å². The van der Waals surface area contributed by atoms with Crippen LogP contribution in [0.4, 0.5) is 0 Å². The highest BCUT2D eigenvalue weighted by atomic mass is 16.5. The van der Waals surface area contributed by atoms with Gasteiger partial charge in [-0.25, -0.2) is 9.97 Å². The van der Waals surface area contributed by atoms with Crippen LogP contribution in [0.25, 0.3) is 11.4 Å². The summed E-state index contributed by atoms with van der Waals surface area (Å²) in [4.78, 5) is 16.2. The van der Waals surface area contributed by atoms with Crippen molar-refractivity contribution in [1.82, 2.24) is 25.0 Å². The Balaban J connectivity index is 1.38. The van der Waals surface area contributed by atoms with Crippen LogP contribution in [0.5, 0.6) is 0 Å². The molecule has 1 aliphatic heterocycles. The Morgan fingerprint density at radius 1 is 1.21 bits per heavy atom. The fraction of sp³-hybridized carbons (Fsp3) is 0.478. The minimum Gasteiger partial charge on any atom is -0.339 e. The number of benzene rings is 1. The van der Waals surface area contributed by atoms with Crippen LogP contribution in [0.15, 0.2) is 41.2 Å². The first-order valence-electron chi connectivity index (χ1n) is 10.5. The number of hydrogen-bond acceptors (Lipinski definition) is 6. The Hall–Kier alpha value is -2.60. The molecule has 3 aromatic rings. The molecule has 1 aliphatic rings. The summed E-state index contributed by atoms with van der Waals surface area (Å²) in [5.74, 6) is 3.23. The summed E-state index contributed by atoms with van der Waals surface area (Å²) < 4.78 is 5.57. The van der Waals surface area contributed by atoms with Crippen LogP contribution < -0.4 is 0 Å². The van der Waals surface area contributed by atoms with Crippen LogP contribution in [-0.2, 0) is 13.0 Å². The summed E-state index contributed by atoms with van der Waals surface area (Å²) in [6, 6.07) is 8.29. The molecule has 0 bridgehead atoms. The van der Waals surface area contributed by atoms with Gasteiger partial charge in [-0.15, -0.1) is 0 Å². The monoisotopic (exact) mass is 391 g/mol. The van der Waals surface area contributed by atoms with E-state index in [0.717, 1.165) is 67.6 Å². The van der Waals surface area contributed by atoms with E-state index >= 15 is 0 Å². The second kappa shape index (κ2) is 8.82. The van der Waals surface area contributed by atoms with Gasteiger partial charge in [-0.1, -0.05) is 42.8 Å². The van der Waals surface area contributed by atoms with E-state index in [2.05, 4.69) is 64.0 Å². The maximum absolute atomic E-state index is 5.57. The maximum Gasteiger partial charge on any atom is 0.231 e. The van der Waals surface area contributed by atoms with E-state index in [4.69, 9.17) is 4.52 Å². The first-order chi connectivity index (χ1) is 14.1. The smallest absolute Gasteiger partial charge is 0.231 e. The maximum atomic E-state index is 5.57. The molecule has 3 heterocycles. The second-order valence-electron chi connectivity index (χ2n) is 8.51. The fourth-order valence-electron chi connectivity index (χ4n) is 3.91. The van der Waals surface area contributed by atoms with E-state index in [1.165, 1.54) is 5.56 Å². The number of hydrogen-bond donors (Lipinski definition) is 0. The molecule has 1 atom stereocenters. The van der Waals surface area contributed by atoms with E-state index in [-0.39, 0.29) is 0 Å². The predicted molar refractivity (Wildman–Crippen MR) is 112 cm³/mol. The zero-order valence-electron chi connectivity index (χ0n) is 17.5. The third kappa shape index (κ3) is 5.07. The molecule has 0 aliphatic carbocycles. The molecule has 1 aromatic carbocycles. The number of rotatable bonds is 6. The van der Waals surface area contributed by atoms with Crippen LogP contribution in [0.2, 0.25) is 0 Å². The average Bonchev–Trinajstić information content (AvgIpc) is 3.17. The average molecular weight is 392 g/mol. The van der Waals surface area contributed by atoms with Gasteiger partial charge in [0.05, 0.1) is 5.92 Å². The summed E-state index contributed by atoms with van der Waals surface area (Å²) in [5, 5.41) is 4.16. The van der Waals surface area contributed by atoms with E-state index in [1.54, 1.807) is 0 Å². The molecule has 0 amide bonds. The fourth-order valence-corrected chi connectivity index (χ4v) is 3.91. The zero-order valence-corrected chi connectivity index (χ0v) is 17.5. The van der Waals surface area contributed by atoms with Crippen molar-refractivity contribution in [3.8, 4) is 11.4 Å². The first kappa shape index (κ1) is 19.7. The minimum atomic E-state index is 0.310. The molecule has 0 spiro atoms. The van der Waals surface area contributed by atoms with Crippen LogP contribution in [-0.4, -0.2) is 38.1 Å². The van der Waals surface area contributed by atoms with Gasteiger partial charge in [0.1, 0.15) is 0 Å². The van der Waals surface area contributed by atoms with Gasteiger partial charge in [-0.05, 0) is 38.3 Å². The Morgan fingerprint density at radius 3 is 2.79 bits per heavy atom. The predicted octanol–water partition coefficient (Wildman–Crippen LogP) is 4.41. The summed E-state index contributed by atoms with van der Waals surface area (Å²) in [6.07, 6.45) is 6.99. The zero-order chi connectivity index (χ0) is 20.2. The van der Waals surface area contributed by atoms with Gasteiger partial charge in [0.25, 0.3) is 0 Å². The number of aryl methyl sites for hydroxylation is 1. The van der Waals surface area contributed by atoms with Crippen LogP contribution >= 0.6 is 0 Å². The third-order valence-corrected chi connectivity index (χ3v) is 5.32. The lowest BCUT2D eigenvalue weighted by Crippen LogP contribution is -2.34. The van der Waals surface area contributed by atoms with E-state index in [1.807, 2.05) is 18.5 Å². The number of likely N-dealkylation sites (tertiary alicyclic amines) is 1. The molecule has 1 fully saturated rings. The molecule has 0 saturated carbocycles. The Bertz CT molecular complexity index is 934. The number of piperidine rings is 1. The molecule has 0 radical (unpaired) electrons. The van der Waals surface area contributed by atoms with Crippen LogP contribution in [0.3, 0.4) is 0 Å². The standard InChI is InChI=1S/C23H29N5O/c1-16(2)10-21-26-23(29-27-21)20-8-5-9-28(15-20)14-18-12-24-22(25-13-18)19-7-4-6-17(3)11-19/h4,6-7,11-13,16,20H,5,8-10,14-15H2,1-3H3/t20-/m1/s1. The van der Waals surface area contributed by atoms with Gasteiger partial charge in [0.2, 0.25) is 5.89 Å². The highest BCUT2D eigenvalue weighted by Crippen LogP contribution is 2.27. The molecule has 0 N–H and O–H groups in total. The summed E-state index contributed by atoms with van der Waals surface area (Å²) >= 11 is 0. The van der Waals surface area contributed by atoms with Crippen molar-refractivity contribution in [3.63, 3.8) is 0 Å². The van der Waals surface area contributed by atoms with Gasteiger partial charge in [-0.3, -0.25) is 4.90 Å². The molecular formula is C23H29N5O. The molecule has 4 rings (SSSR count). The van der Waals surface area contributed by atoms with E-state index < -0.39 is 0 Å². The summed E-state index contributed by atoms with van der Waals surface area (Å²) in [5.41, 5.74) is 3.41. The molecule has 0 unspecified atom stereocenters. The quantitative estimate of drug-likeness (QED) is 0.620. The minimum absolute atomic E-state index is 0.310. The molecule has 29 heavy (non-hydrogen) atoms. The molecule has 2 aromatic heterocycles. The molecule has 6 nitrogen and oxygen atoms in total. The lowest BCUT2D eigenvalue weighted by molar-refractivity contribution is 0.180.